The molecule has 0 saturated heterocycles. The third-order valence-electron chi connectivity index (χ3n) is 3.43. The predicted octanol–water partition coefficient (Wildman–Crippen LogP) is 4.09. The first kappa shape index (κ1) is 15.9. The SMILES string of the molecule is CC(C)CCOCCSc1ccc(CNC2CC2)cc1. The molecule has 0 spiro atoms. The molecule has 0 bridgehead atoms. The topological polar surface area (TPSA) is 21.3 Å². The van der Waals surface area contributed by atoms with E-state index in [1.165, 1.54) is 23.3 Å². The second-order valence-electron chi connectivity index (χ2n) is 5.94. The van der Waals surface area contributed by atoms with Gasteiger partial charge >= 0.3 is 0 Å². The lowest BCUT2D eigenvalue weighted by Gasteiger charge is -2.07. The lowest BCUT2D eigenvalue weighted by Crippen LogP contribution is -2.14. The van der Waals surface area contributed by atoms with Gasteiger partial charge in [-0.05, 0) is 42.9 Å². The van der Waals surface area contributed by atoms with Crippen LogP contribution in [0.1, 0.15) is 38.7 Å². The van der Waals surface area contributed by atoms with Crippen LogP contribution >= 0.6 is 11.8 Å². The lowest BCUT2D eigenvalue weighted by atomic mass is 10.1. The molecule has 0 aromatic heterocycles. The van der Waals surface area contributed by atoms with Crippen molar-refractivity contribution in [2.45, 2.75) is 50.6 Å². The van der Waals surface area contributed by atoms with Crippen LogP contribution in [0.5, 0.6) is 0 Å². The summed E-state index contributed by atoms with van der Waals surface area (Å²) >= 11 is 1.88. The lowest BCUT2D eigenvalue weighted by molar-refractivity contribution is 0.138. The van der Waals surface area contributed by atoms with Gasteiger partial charge in [-0.15, -0.1) is 11.8 Å². The fourth-order valence-corrected chi connectivity index (χ4v) is 2.66. The standard InChI is InChI=1S/C17H27NOS/c1-14(2)9-10-19-11-12-20-17-7-3-15(4-8-17)13-18-16-5-6-16/h3-4,7-8,14,16,18H,5-6,9-13H2,1-2H3. The van der Waals surface area contributed by atoms with E-state index in [1.54, 1.807) is 0 Å². The maximum Gasteiger partial charge on any atom is 0.0560 e. The summed E-state index contributed by atoms with van der Waals surface area (Å²) in [5.41, 5.74) is 1.38. The first-order valence-electron chi connectivity index (χ1n) is 7.77. The average molecular weight is 293 g/mol. The summed E-state index contributed by atoms with van der Waals surface area (Å²) in [6.45, 7) is 7.22. The molecule has 1 aliphatic rings. The Hall–Kier alpha value is -0.510. The fraction of sp³-hybridized carbons (Fsp3) is 0.647. The zero-order valence-corrected chi connectivity index (χ0v) is 13.5. The largest absolute Gasteiger partial charge is 0.381 e. The minimum atomic E-state index is 0.736. The van der Waals surface area contributed by atoms with Crippen LogP contribution in [-0.2, 0) is 11.3 Å². The minimum Gasteiger partial charge on any atom is -0.381 e. The number of ether oxygens (including phenoxy) is 1. The van der Waals surface area contributed by atoms with Gasteiger partial charge in [-0.1, -0.05) is 26.0 Å². The Balaban J connectivity index is 1.55. The van der Waals surface area contributed by atoms with Crippen molar-refractivity contribution < 1.29 is 4.74 Å². The van der Waals surface area contributed by atoms with E-state index in [4.69, 9.17) is 4.74 Å². The number of thioether (sulfide) groups is 1. The molecule has 3 heteroatoms. The van der Waals surface area contributed by atoms with Gasteiger partial charge in [0.15, 0.2) is 0 Å². The van der Waals surface area contributed by atoms with Gasteiger partial charge in [-0.3, -0.25) is 0 Å². The Labute approximate surface area is 127 Å². The van der Waals surface area contributed by atoms with Crippen molar-refractivity contribution in [1.29, 1.82) is 0 Å². The summed E-state index contributed by atoms with van der Waals surface area (Å²) in [6.07, 6.45) is 3.86. The molecule has 0 aliphatic heterocycles. The van der Waals surface area contributed by atoms with Gasteiger partial charge in [0.25, 0.3) is 0 Å². The van der Waals surface area contributed by atoms with E-state index in [1.807, 2.05) is 11.8 Å². The van der Waals surface area contributed by atoms with Gasteiger partial charge in [-0.2, -0.15) is 0 Å². The van der Waals surface area contributed by atoms with E-state index in [0.717, 1.165) is 43.9 Å². The van der Waals surface area contributed by atoms with E-state index < -0.39 is 0 Å². The second-order valence-corrected chi connectivity index (χ2v) is 7.11. The third kappa shape index (κ3) is 6.78. The van der Waals surface area contributed by atoms with Gasteiger partial charge in [0, 0.05) is 29.8 Å². The van der Waals surface area contributed by atoms with E-state index >= 15 is 0 Å². The maximum absolute atomic E-state index is 5.63. The Bertz CT molecular complexity index is 373. The van der Waals surface area contributed by atoms with Crippen LogP contribution < -0.4 is 5.32 Å². The molecular weight excluding hydrogens is 266 g/mol. The highest BCUT2D eigenvalue weighted by molar-refractivity contribution is 7.99. The summed E-state index contributed by atoms with van der Waals surface area (Å²) < 4.78 is 5.63. The Morgan fingerprint density at radius 3 is 2.60 bits per heavy atom. The van der Waals surface area contributed by atoms with Crippen LogP contribution in [0.3, 0.4) is 0 Å². The van der Waals surface area contributed by atoms with E-state index in [9.17, 15) is 0 Å². The summed E-state index contributed by atoms with van der Waals surface area (Å²) in [7, 11) is 0. The molecule has 2 rings (SSSR count). The summed E-state index contributed by atoms with van der Waals surface area (Å²) in [4.78, 5) is 1.34. The monoisotopic (exact) mass is 293 g/mol. The highest BCUT2D eigenvalue weighted by Crippen LogP contribution is 2.21. The van der Waals surface area contributed by atoms with Gasteiger partial charge in [-0.25, -0.2) is 0 Å². The van der Waals surface area contributed by atoms with Crippen molar-refractivity contribution in [3.63, 3.8) is 0 Å². The normalized spacial score (nSPS) is 14.9. The fourth-order valence-electron chi connectivity index (χ4n) is 1.89. The predicted molar refractivity (Wildman–Crippen MR) is 87.3 cm³/mol. The molecule has 1 aromatic rings. The highest BCUT2D eigenvalue weighted by atomic mass is 32.2. The van der Waals surface area contributed by atoms with Gasteiger partial charge in [0.1, 0.15) is 0 Å². The number of benzene rings is 1. The van der Waals surface area contributed by atoms with Crippen LogP contribution in [-0.4, -0.2) is 25.0 Å². The van der Waals surface area contributed by atoms with E-state index in [-0.39, 0.29) is 0 Å². The summed E-state index contributed by atoms with van der Waals surface area (Å²) in [5.74, 6) is 1.78. The minimum absolute atomic E-state index is 0.736. The Morgan fingerprint density at radius 1 is 1.20 bits per heavy atom. The van der Waals surface area contributed by atoms with Crippen molar-refractivity contribution in [3.05, 3.63) is 29.8 Å². The van der Waals surface area contributed by atoms with Crippen LogP contribution in [0.25, 0.3) is 0 Å². The molecule has 0 amide bonds. The zero-order chi connectivity index (χ0) is 14.2. The van der Waals surface area contributed by atoms with Gasteiger partial charge < -0.3 is 10.1 Å². The molecule has 1 aliphatic carbocycles. The first-order chi connectivity index (χ1) is 9.74. The average Bonchev–Trinajstić information content (AvgIpc) is 3.25. The quantitative estimate of drug-likeness (QED) is 0.518. The number of hydrogen-bond donors (Lipinski definition) is 1. The molecule has 0 radical (unpaired) electrons. The van der Waals surface area contributed by atoms with Crippen LogP contribution in [0.15, 0.2) is 29.2 Å². The highest BCUT2D eigenvalue weighted by Gasteiger charge is 2.19. The van der Waals surface area contributed by atoms with Gasteiger partial charge in [0.05, 0.1) is 6.61 Å². The van der Waals surface area contributed by atoms with Crippen molar-refractivity contribution in [3.8, 4) is 0 Å². The Kier molecular flexibility index (Phi) is 6.91. The van der Waals surface area contributed by atoms with E-state index in [2.05, 4.69) is 43.4 Å². The van der Waals surface area contributed by atoms with Crippen molar-refractivity contribution in [2.75, 3.05) is 19.0 Å². The van der Waals surface area contributed by atoms with Gasteiger partial charge in [0.2, 0.25) is 0 Å². The molecule has 1 saturated carbocycles. The van der Waals surface area contributed by atoms with Crippen LogP contribution in [0.4, 0.5) is 0 Å². The maximum atomic E-state index is 5.63. The molecule has 112 valence electrons. The van der Waals surface area contributed by atoms with Crippen molar-refractivity contribution in [2.24, 2.45) is 5.92 Å². The van der Waals surface area contributed by atoms with Crippen LogP contribution in [0.2, 0.25) is 0 Å². The second kappa shape index (κ2) is 8.71. The zero-order valence-electron chi connectivity index (χ0n) is 12.7. The van der Waals surface area contributed by atoms with Crippen molar-refractivity contribution >= 4 is 11.8 Å². The van der Waals surface area contributed by atoms with Crippen LogP contribution in [0, 0.1) is 5.92 Å². The third-order valence-corrected chi connectivity index (χ3v) is 4.41. The number of rotatable bonds is 10. The smallest absolute Gasteiger partial charge is 0.0560 e. The summed E-state index contributed by atoms with van der Waals surface area (Å²) in [5, 5.41) is 3.54. The number of hydrogen-bond acceptors (Lipinski definition) is 3. The number of nitrogens with one attached hydrogen (secondary N) is 1. The Morgan fingerprint density at radius 2 is 1.95 bits per heavy atom. The van der Waals surface area contributed by atoms with Crippen molar-refractivity contribution in [1.82, 2.24) is 5.32 Å². The molecule has 1 N–H and O–H groups in total. The molecule has 1 fully saturated rings. The van der Waals surface area contributed by atoms with E-state index in [0.29, 0.717) is 0 Å². The first-order valence-corrected chi connectivity index (χ1v) is 8.75. The summed E-state index contributed by atoms with van der Waals surface area (Å²) in [6, 6.07) is 9.70. The molecule has 0 heterocycles. The molecule has 0 atom stereocenters. The molecule has 20 heavy (non-hydrogen) atoms. The molecule has 0 unspecified atom stereocenters. The molecular formula is C17H27NOS. The molecule has 2 nitrogen and oxygen atoms in total. The molecule has 1 aromatic carbocycles.